The summed E-state index contributed by atoms with van der Waals surface area (Å²) < 4.78 is 2.33. The molecule has 2 heterocycles. The minimum Gasteiger partial charge on any atom is -0.306 e. The lowest BCUT2D eigenvalue weighted by Gasteiger charge is -2.22. The number of rotatable bonds is 4. The first-order valence-corrected chi connectivity index (χ1v) is 15.8. The van der Waals surface area contributed by atoms with Gasteiger partial charge in [-0.15, -0.1) is 0 Å². The van der Waals surface area contributed by atoms with E-state index >= 15 is 0 Å². The maximum Gasteiger partial charge on any atom is 0.159 e. The van der Waals surface area contributed by atoms with Crippen molar-refractivity contribution < 1.29 is 0 Å². The smallest absolute Gasteiger partial charge is 0.159 e. The van der Waals surface area contributed by atoms with Crippen LogP contribution in [0.5, 0.6) is 0 Å². The highest BCUT2D eigenvalue weighted by atomic mass is 15.0. The molecule has 0 spiro atoms. The van der Waals surface area contributed by atoms with Crippen LogP contribution >= 0.6 is 0 Å². The number of hydrogen-bond acceptors (Lipinski definition) is 2. The summed E-state index contributed by atoms with van der Waals surface area (Å²) in [4.78, 5) is 10.3. The number of fused-ring (bicyclic) bond motifs is 7. The Balaban J connectivity index is 1.27. The molecule has 8 aromatic rings. The van der Waals surface area contributed by atoms with E-state index in [0.29, 0.717) is 0 Å². The van der Waals surface area contributed by atoms with Crippen LogP contribution in [0.4, 0.5) is 0 Å². The zero-order chi connectivity index (χ0) is 30.8. The van der Waals surface area contributed by atoms with E-state index in [9.17, 15) is 0 Å². The Morgan fingerprint density at radius 1 is 0.500 bits per heavy atom. The highest BCUT2D eigenvalue weighted by molar-refractivity contribution is 6.12. The number of nitrogens with zero attached hydrogens (tertiary/aromatic N) is 3. The van der Waals surface area contributed by atoms with Gasteiger partial charge < -0.3 is 4.57 Å². The molecule has 2 aromatic heterocycles. The zero-order valence-electron chi connectivity index (χ0n) is 25.8. The lowest BCUT2D eigenvalue weighted by atomic mass is 9.81. The fourth-order valence-corrected chi connectivity index (χ4v) is 7.44. The quantitative estimate of drug-likeness (QED) is 0.204. The van der Waals surface area contributed by atoms with E-state index in [2.05, 4.69) is 158 Å². The van der Waals surface area contributed by atoms with Crippen molar-refractivity contribution >= 4 is 21.9 Å². The molecule has 0 radical (unpaired) electrons. The van der Waals surface area contributed by atoms with Crippen LogP contribution in [-0.2, 0) is 5.41 Å². The molecule has 1 aliphatic rings. The molecule has 0 fully saturated rings. The maximum absolute atomic E-state index is 5.36. The molecule has 46 heavy (non-hydrogen) atoms. The van der Waals surface area contributed by atoms with Gasteiger partial charge in [-0.05, 0) is 62.7 Å². The van der Waals surface area contributed by atoms with Gasteiger partial charge >= 0.3 is 0 Å². The average Bonchev–Trinajstić information content (AvgIpc) is 3.57. The Morgan fingerprint density at radius 3 is 1.74 bits per heavy atom. The van der Waals surface area contributed by atoms with E-state index in [0.717, 1.165) is 33.6 Å². The second-order valence-corrected chi connectivity index (χ2v) is 12.7. The minimum absolute atomic E-state index is 0.176. The molecule has 0 bridgehead atoms. The van der Waals surface area contributed by atoms with Gasteiger partial charge in [0.05, 0.1) is 17.2 Å². The fraction of sp³-hybridized carbons (Fsp3) is 0.0698. The van der Waals surface area contributed by atoms with Crippen molar-refractivity contribution in [2.75, 3.05) is 0 Å². The highest BCUT2D eigenvalue weighted by Gasteiger charge is 2.38. The summed E-state index contributed by atoms with van der Waals surface area (Å²) in [6.07, 6.45) is 2.01. The summed E-state index contributed by atoms with van der Waals surface area (Å²) in [7, 11) is 0. The lowest BCUT2D eigenvalue weighted by Crippen LogP contribution is -2.15. The van der Waals surface area contributed by atoms with Gasteiger partial charge in [-0.25, -0.2) is 9.97 Å². The molecule has 0 amide bonds. The molecule has 218 valence electrons. The monoisotopic (exact) mass is 589 g/mol. The van der Waals surface area contributed by atoms with Gasteiger partial charge in [0.25, 0.3) is 0 Å². The Labute approximate surface area is 268 Å². The summed E-state index contributed by atoms with van der Waals surface area (Å²) in [6, 6.07) is 51.8. The summed E-state index contributed by atoms with van der Waals surface area (Å²) in [5.74, 6) is 0.733. The number of hydrogen-bond donors (Lipinski definition) is 0. The summed E-state index contributed by atoms with van der Waals surface area (Å²) in [5.41, 5.74) is 15.1. The third-order valence-corrected chi connectivity index (χ3v) is 9.67. The second-order valence-electron chi connectivity index (χ2n) is 12.7. The van der Waals surface area contributed by atoms with Crippen LogP contribution < -0.4 is 0 Å². The van der Waals surface area contributed by atoms with Crippen molar-refractivity contribution in [3.05, 3.63) is 163 Å². The van der Waals surface area contributed by atoms with Gasteiger partial charge in [0, 0.05) is 22.1 Å². The molecule has 3 heteroatoms. The molecular formula is C43H31N3. The first kappa shape index (κ1) is 26.6. The number of aromatic nitrogens is 3. The molecule has 0 N–H and O–H groups in total. The van der Waals surface area contributed by atoms with Crippen LogP contribution in [0.25, 0.3) is 72.4 Å². The fourth-order valence-electron chi connectivity index (χ4n) is 7.44. The van der Waals surface area contributed by atoms with Crippen LogP contribution in [0.1, 0.15) is 25.0 Å². The second kappa shape index (κ2) is 10.1. The Kier molecular flexibility index (Phi) is 5.85. The van der Waals surface area contributed by atoms with E-state index in [1.54, 1.807) is 0 Å². The van der Waals surface area contributed by atoms with Crippen LogP contribution in [0.15, 0.2) is 152 Å². The van der Waals surface area contributed by atoms with Crippen LogP contribution in [0.2, 0.25) is 0 Å². The summed E-state index contributed by atoms with van der Waals surface area (Å²) >= 11 is 0. The van der Waals surface area contributed by atoms with E-state index < -0.39 is 0 Å². The normalized spacial score (nSPS) is 13.2. The van der Waals surface area contributed by atoms with Crippen molar-refractivity contribution in [1.82, 2.24) is 14.5 Å². The topological polar surface area (TPSA) is 30.7 Å². The number of benzene rings is 6. The van der Waals surface area contributed by atoms with Crippen molar-refractivity contribution in [2.24, 2.45) is 0 Å². The Morgan fingerprint density at radius 2 is 1.07 bits per heavy atom. The SMILES string of the molecule is CC1(C)c2ccccc2-c2ccc3c(c21)c1nc(-c2ccc(-c4ccccc4)cc2)ncc1n3-c1ccc(-c2ccccc2)cc1. The van der Waals surface area contributed by atoms with Gasteiger partial charge in [-0.3, -0.25) is 0 Å². The summed E-state index contributed by atoms with van der Waals surface area (Å²) in [6.45, 7) is 4.69. The Bertz CT molecular complexity index is 2400. The third-order valence-electron chi connectivity index (χ3n) is 9.67. The van der Waals surface area contributed by atoms with E-state index in [1.807, 2.05) is 12.3 Å². The zero-order valence-corrected chi connectivity index (χ0v) is 25.8. The van der Waals surface area contributed by atoms with E-state index in [4.69, 9.17) is 9.97 Å². The van der Waals surface area contributed by atoms with E-state index in [-0.39, 0.29) is 5.41 Å². The first-order valence-electron chi connectivity index (χ1n) is 15.8. The van der Waals surface area contributed by atoms with Crippen LogP contribution in [0, 0.1) is 0 Å². The van der Waals surface area contributed by atoms with E-state index in [1.165, 1.54) is 49.9 Å². The molecule has 9 rings (SSSR count). The van der Waals surface area contributed by atoms with Gasteiger partial charge in [0.1, 0.15) is 5.52 Å². The molecule has 0 unspecified atom stereocenters. The van der Waals surface area contributed by atoms with Crippen molar-refractivity contribution in [3.8, 4) is 50.5 Å². The standard InChI is InChI=1S/C43H31N3/c1-43(2)36-16-10-9-15-34(36)35-25-26-37-39(40(35)43)41-38(46(37)33-23-21-31(22-24-33)29-13-7-4-8-14-29)27-44-42(45-41)32-19-17-30(18-20-32)28-11-5-3-6-12-28/h3-27H,1-2H3. The molecule has 0 aliphatic heterocycles. The molecule has 1 aliphatic carbocycles. The first-order chi connectivity index (χ1) is 22.6. The predicted molar refractivity (Wildman–Crippen MR) is 190 cm³/mol. The minimum atomic E-state index is -0.176. The average molecular weight is 590 g/mol. The molecule has 6 aromatic carbocycles. The van der Waals surface area contributed by atoms with Crippen LogP contribution in [0.3, 0.4) is 0 Å². The van der Waals surface area contributed by atoms with Crippen molar-refractivity contribution in [2.45, 2.75) is 19.3 Å². The molecule has 0 saturated heterocycles. The molecule has 3 nitrogen and oxygen atoms in total. The van der Waals surface area contributed by atoms with Gasteiger partial charge in [-0.1, -0.05) is 141 Å². The van der Waals surface area contributed by atoms with Gasteiger partial charge in [0.15, 0.2) is 5.82 Å². The lowest BCUT2D eigenvalue weighted by molar-refractivity contribution is 0.666. The third kappa shape index (κ3) is 3.98. The maximum atomic E-state index is 5.36. The van der Waals surface area contributed by atoms with Crippen LogP contribution in [-0.4, -0.2) is 14.5 Å². The van der Waals surface area contributed by atoms with Gasteiger partial charge in [0.2, 0.25) is 0 Å². The molecule has 0 saturated carbocycles. The van der Waals surface area contributed by atoms with Crippen molar-refractivity contribution in [3.63, 3.8) is 0 Å². The molecular weight excluding hydrogens is 558 g/mol. The largest absolute Gasteiger partial charge is 0.306 e. The summed E-state index contributed by atoms with van der Waals surface area (Å²) in [5, 5.41) is 1.20. The van der Waals surface area contributed by atoms with Gasteiger partial charge in [-0.2, -0.15) is 0 Å². The predicted octanol–water partition coefficient (Wildman–Crippen LogP) is 10.9. The molecule has 0 atom stereocenters. The highest BCUT2D eigenvalue weighted by Crippen LogP contribution is 2.53. The van der Waals surface area contributed by atoms with Crippen molar-refractivity contribution in [1.29, 1.82) is 0 Å². The Hall–Kier alpha value is -5.80.